The van der Waals surface area contributed by atoms with Gasteiger partial charge in [-0.05, 0) is 42.8 Å². The molecule has 0 unspecified atom stereocenters. The number of rotatable bonds is 5. The molecule has 2 aromatic rings. The maximum Gasteiger partial charge on any atom is 0.123 e. The Kier molecular flexibility index (Phi) is 4.97. The SMILES string of the molecule is Cc1ccc(N(C)c2ccc(F)cc2)c(CNC(C)C)c1. The molecule has 112 valence electrons. The molecule has 0 spiro atoms. The topological polar surface area (TPSA) is 15.3 Å². The van der Waals surface area contributed by atoms with E-state index in [4.69, 9.17) is 0 Å². The van der Waals surface area contributed by atoms with Crippen LogP contribution in [0.3, 0.4) is 0 Å². The first-order valence-corrected chi connectivity index (χ1v) is 7.29. The van der Waals surface area contributed by atoms with E-state index in [9.17, 15) is 4.39 Å². The molecule has 0 saturated carbocycles. The van der Waals surface area contributed by atoms with Gasteiger partial charge in [-0.1, -0.05) is 31.5 Å². The first-order chi connectivity index (χ1) is 9.97. The van der Waals surface area contributed by atoms with E-state index in [-0.39, 0.29) is 5.82 Å². The van der Waals surface area contributed by atoms with E-state index in [0.29, 0.717) is 6.04 Å². The smallest absolute Gasteiger partial charge is 0.123 e. The van der Waals surface area contributed by atoms with E-state index >= 15 is 0 Å². The van der Waals surface area contributed by atoms with Gasteiger partial charge >= 0.3 is 0 Å². The molecule has 0 heterocycles. The maximum atomic E-state index is 13.1. The normalized spacial score (nSPS) is 11.0. The Labute approximate surface area is 126 Å². The second-order valence-corrected chi connectivity index (χ2v) is 5.70. The fourth-order valence-corrected chi connectivity index (χ4v) is 2.30. The molecule has 2 aromatic carbocycles. The van der Waals surface area contributed by atoms with Crippen molar-refractivity contribution in [1.29, 1.82) is 0 Å². The standard InChI is InChI=1S/C18H23FN2/c1-13(2)20-12-15-11-14(3)5-10-18(15)21(4)17-8-6-16(19)7-9-17/h5-11,13,20H,12H2,1-4H3. The van der Waals surface area contributed by atoms with Crippen molar-refractivity contribution in [2.45, 2.75) is 33.4 Å². The minimum absolute atomic E-state index is 0.210. The summed E-state index contributed by atoms with van der Waals surface area (Å²) < 4.78 is 13.1. The van der Waals surface area contributed by atoms with E-state index < -0.39 is 0 Å². The average Bonchev–Trinajstić information content (AvgIpc) is 2.45. The second-order valence-electron chi connectivity index (χ2n) is 5.70. The van der Waals surface area contributed by atoms with Crippen molar-refractivity contribution in [2.24, 2.45) is 0 Å². The third-order valence-corrected chi connectivity index (χ3v) is 3.51. The number of nitrogens with zero attached hydrogens (tertiary/aromatic N) is 1. The summed E-state index contributed by atoms with van der Waals surface area (Å²) in [6, 6.07) is 13.5. The summed E-state index contributed by atoms with van der Waals surface area (Å²) >= 11 is 0. The van der Waals surface area contributed by atoms with Crippen LogP contribution in [0.25, 0.3) is 0 Å². The van der Waals surface area contributed by atoms with Crippen molar-refractivity contribution in [3.05, 3.63) is 59.4 Å². The van der Waals surface area contributed by atoms with Gasteiger partial charge in [0.15, 0.2) is 0 Å². The van der Waals surface area contributed by atoms with Crippen molar-refractivity contribution in [3.63, 3.8) is 0 Å². The van der Waals surface area contributed by atoms with Crippen LogP contribution in [-0.4, -0.2) is 13.1 Å². The zero-order valence-corrected chi connectivity index (χ0v) is 13.2. The van der Waals surface area contributed by atoms with Crippen LogP contribution in [0, 0.1) is 12.7 Å². The van der Waals surface area contributed by atoms with Crippen LogP contribution < -0.4 is 10.2 Å². The quantitative estimate of drug-likeness (QED) is 0.876. The Morgan fingerprint density at radius 1 is 1.10 bits per heavy atom. The van der Waals surface area contributed by atoms with E-state index in [1.807, 2.05) is 7.05 Å². The van der Waals surface area contributed by atoms with Crippen molar-refractivity contribution < 1.29 is 4.39 Å². The van der Waals surface area contributed by atoms with Crippen LogP contribution in [-0.2, 0) is 6.54 Å². The van der Waals surface area contributed by atoms with Crippen LogP contribution in [0.15, 0.2) is 42.5 Å². The summed E-state index contributed by atoms with van der Waals surface area (Å²) in [5, 5.41) is 3.46. The van der Waals surface area contributed by atoms with Crippen LogP contribution in [0.1, 0.15) is 25.0 Å². The molecule has 0 aliphatic rings. The molecule has 0 fully saturated rings. The summed E-state index contributed by atoms with van der Waals surface area (Å²) in [4.78, 5) is 2.09. The largest absolute Gasteiger partial charge is 0.344 e. The molecular weight excluding hydrogens is 263 g/mol. The molecule has 0 radical (unpaired) electrons. The molecule has 0 amide bonds. The van der Waals surface area contributed by atoms with Gasteiger partial charge in [0.1, 0.15) is 5.82 Å². The molecule has 0 atom stereocenters. The lowest BCUT2D eigenvalue weighted by molar-refractivity contribution is 0.589. The second kappa shape index (κ2) is 6.72. The van der Waals surface area contributed by atoms with Gasteiger partial charge in [-0.3, -0.25) is 0 Å². The van der Waals surface area contributed by atoms with Gasteiger partial charge in [0.05, 0.1) is 0 Å². The molecular formula is C18H23FN2. The summed E-state index contributed by atoms with van der Waals surface area (Å²) in [7, 11) is 2.01. The summed E-state index contributed by atoms with van der Waals surface area (Å²) in [5.74, 6) is -0.210. The van der Waals surface area contributed by atoms with Gasteiger partial charge in [0.25, 0.3) is 0 Å². The number of hydrogen-bond acceptors (Lipinski definition) is 2. The van der Waals surface area contributed by atoms with Crippen LogP contribution in [0.2, 0.25) is 0 Å². The predicted octanol–water partition coefficient (Wildman–Crippen LogP) is 4.40. The average molecular weight is 286 g/mol. The van der Waals surface area contributed by atoms with Gasteiger partial charge in [0, 0.05) is 31.0 Å². The lowest BCUT2D eigenvalue weighted by atomic mass is 10.1. The number of halogens is 1. The van der Waals surface area contributed by atoms with Gasteiger partial charge in [0.2, 0.25) is 0 Å². The number of aryl methyl sites for hydroxylation is 1. The Balaban J connectivity index is 2.30. The highest BCUT2D eigenvalue weighted by Crippen LogP contribution is 2.28. The molecule has 2 rings (SSSR count). The number of benzene rings is 2. The number of nitrogens with one attached hydrogen (secondary N) is 1. The molecule has 1 N–H and O–H groups in total. The minimum Gasteiger partial charge on any atom is -0.344 e. The highest BCUT2D eigenvalue weighted by molar-refractivity contribution is 5.66. The minimum atomic E-state index is -0.210. The zero-order valence-electron chi connectivity index (χ0n) is 13.2. The van der Waals surface area contributed by atoms with Crippen LogP contribution in [0.4, 0.5) is 15.8 Å². The van der Waals surface area contributed by atoms with Crippen LogP contribution in [0.5, 0.6) is 0 Å². The summed E-state index contributed by atoms with van der Waals surface area (Å²) in [6.45, 7) is 7.19. The number of hydrogen-bond donors (Lipinski definition) is 1. The fourth-order valence-electron chi connectivity index (χ4n) is 2.30. The maximum absolute atomic E-state index is 13.1. The monoisotopic (exact) mass is 286 g/mol. The molecule has 0 aromatic heterocycles. The Hall–Kier alpha value is -1.87. The molecule has 0 aliphatic heterocycles. The zero-order chi connectivity index (χ0) is 15.4. The molecule has 0 saturated heterocycles. The first kappa shape index (κ1) is 15.5. The molecule has 3 heteroatoms. The van der Waals surface area contributed by atoms with E-state index in [1.165, 1.54) is 23.3 Å². The Bertz CT molecular complexity index is 591. The first-order valence-electron chi connectivity index (χ1n) is 7.29. The van der Waals surface area contributed by atoms with E-state index in [0.717, 1.165) is 17.9 Å². The lowest BCUT2D eigenvalue weighted by Gasteiger charge is -2.24. The predicted molar refractivity (Wildman–Crippen MR) is 87.6 cm³/mol. The highest BCUT2D eigenvalue weighted by Gasteiger charge is 2.10. The van der Waals surface area contributed by atoms with Crippen LogP contribution >= 0.6 is 0 Å². The molecule has 0 bridgehead atoms. The van der Waals surface area contributed by atoms with E-state index in [1.54, 1.807) is 12.1 Å². The van der Waals surface area contributed by atoms with Crippen molar-refractivity contribution in [3.8, 4) is 0 Å². The van der Waals surface area contributed by atoms with Gasteiger partial charge in [-0.25, -0.2) is 4.39 Å². The van der Waals surface area contributed by atoms with Crippen molar-refractivity contribution >= 4 is 11.4 Å². The third-order valence-electron chi connectivity index (χ3n) is 3.51. The Morgan fingerprint density at radius 3 is 2.38 bits per heavy atom. The van der Waals surface area contributed by atoms with Gasteiger partial charge in [-0.15, -0.1) is 0 Å². The van der Waals surface area contributed by atoms with Crippen molar-refractivity contribution in [2.75, 3.05) is 11.9 Å². The lowest BCUT2D eigenvalue weighted by Crippen LogP contribution is -2.23. The van der Waals surface area contributed by atoms with Gasteiger partial charge in [-0.2, -0.15) is 0 Å². The summed E-state index contributed by atoms with van der Waals surface area (Å²) in [6.07, 6.45) is 0. The third kappa shape index (κ3) is 4.05. The molecule has 0 aliphatic carbocycles. The molecule has 21 heavy (non-hydrogen) atoms. The number of anilines is 2. The van der Waals surface area contributed by atoms with Crippen molar-refractivity contribution in [1.82, 2.24) is 5.32 Å². The Morgan fingerprint density at radius 2 is 1.76 bits per heavy atom. The molecule has 2 nitrogen and oxygen atoms in total. The fraction of sp³-hybridized carbons (Fsp3) is 0.333. The highest BCUT2D eigenvalue weighted by atomic mass is 19.1. The summed E-state index contributed by atoms with van der Waals surface area (Å²) in [5.41, 5.74) is 4.61. The van der Waals surface area contributed by atoms with Gasteiger partial charge < -0.3 is 10.2 Å². The van der Waals surface area contributed by atoms with E-state index in [2.05, 4.69) is 49.2 Å².